The average molecular weight is 298 g/mol. The van der Waals surface area contributed by atoms with Gasteiger partial charge in [0.25, 0.3) is 0 Å². The first-order valence-corrected chi connectivity index (χ1v) is 9.35. The molecule has 0 amide bonds. The van der Waals surface area contributed by atoms with Gasteiger partial charge in [0, 0.05) is 10.0 Å². The van der Waals surface area contributed by atoms with E-state index in [4.69, 9.17) is 4.43 Å². The predicted molar refractivity (Wildman–Crippen MR) is 71.5 cm³/mol. The van der Waals surface area contributed by atoms with E-state index in [-0.39, 0.29) is 0 Å². The lowest BCUT2D eigenvalue weighted by atomic mass is 9.98. The summed E-state index contributed by atoms with van der Waals surface area (Å²) in [6.07, 6.45) is 0. The van der Waals surface area contributed by atoms with Crippen LogP contribution in [-0.4, -0.2) is 8.32 Å². The third-order valence-corrected chi connectivity index (χ3v) is 3.82. The Morgan fingerprint density at radius 3 is 2.31 bits per heavy atom. The molecule has 1 aromatic rings. The van der Waals surface area contributed by atoms with Crippen molar-refractivity contribution >= 4 is 24.2 Å². The average Bonchev–Trinajstić information content (AvgIpc) is 2.15. The molecule has 0 unspecified atom stereocenters. The number of benzene rings is 1. The summed E-state index contributed by atoms with van der Waals surface area (Å²) in [5, 5.41) is 9.35. The van der Waals surface area contributed by atoms with E-state index in [9.17, 15) is 5.26 Å². The van der Waals surface area contributed by atoms with Crippen LogP contribution in [0, 0.1) is 11.3 Å². The Morgan fingerprint density at radius 2 is 1.88 bits per heavy atom. The molecule has 0 saturated heterocycles. The second-order valence-corrected chi connectivity index (χ2v) is 10.1. The van der Waals surface area contributed by atoms with Gasteiger partial charge in [0.15, 0.2) is 13.9 Å². The second-order valence-electron chi connectivity index (χ2n) is 4.84. The van der Waals surface area contributed by atoms with Crippen LogP contribution < -0.4 is 0 Å². The van der Waals surface area contributed by atoms with E-state index in [1.807, 2.05) is 31.2 Å². The zero-order valence-electron chi connectivity index (χ0n) is 10.0. The van der Waals surface area contributed by atoms with Crippen LogP contribution in [0.5, 0.6) is 0 Å². The fourth-order valence-corrected chi connectivity index (χ4v) is 3.64. The molecule has 2 nitrogen and oxygen atoms in total. The molecule has 0 heterocycles. The third kappa shape index (κ3) is 3.18. The fourth-order valence-electron chi connectivity index (χ4n) is 1.60. The summed E-state index contributed by atoms with van der Waals surface area (Å²) in [7, 11) is -1.76. The smallest absolute Gasteiger partial charge is 0.186 e. The van der Waals surface area contributed by atoms with E-state index in [0.29, 0.717) is 0 Å². The molecule has 0 radical (unpaired) electrons. The van der Waals surface area contributed by atoms with Gasteiger partial charge >= 0.3 is 0 Å². The molecule has 1 atom stereocenters. The van der Waals surface area contributed by atoms with Gasteiger partial charge in [0.1, 0.15) is 6.07 Å². The maximum absolute atomic E-state index is 9.35. The number of rotatable bonds is 3. The van der Waals surface area contributed by atoms with Crippen LogP contribution in [-0.2, 0) is 10.0 Å². The molecule has 86 valence electrons. The van der Waals surface area contributed by atoms with Crippen molar-refractivity contribution in [3.63, 3.8) is 0 Å². The summed E-state index contributed by atoms with van der Waals surface area (Å²) in [6.45, 7) is 8.07. The molecule has 0 aliphatic heterocycles. The van der Waals surface area contributed by atoms with Gasteiger partial charge in [-0.3, -0.25) is 0 Å². The Morgan fingerprint density at radius 1 is 1.31 bits per heavy atom. The molecule has 0 aromatic heterocycles. The summed E-state index contributed by atoms with van der Waals surface area (Å²) in [6, 6.07) is 9.98. The Kier molecular flexibility index (Phi) is 3.95. The Bertz CT molecular complexity index is 422. The highest BCUT2D eigenvalue weighted by atomic mass is 79.9. The van der Waals surface area contributed by atoms with Gasteiger partial charge in [-0.1, -0.05) is 34.1 Å². The van der Waals surface area contributed by atoms with Crippen molar-refractivity contribution < 1.29 is 4.43 Å². The van der Waals surface area contributed by atoms with E-state index in [1.165, 1.54) is 0 Å². The first-order valence-electron chi connectivity index (χ1n) is 5.15. The molecular weight excluding hydrogens is 282 g/mol. The minimum atomic E-state index is -1.76. The van der Waals surface area contributed by atoms with Crippen LogP contribution in [0.1, 0.15) is 12.5 Å². The van der Waals surface area contributed by atoms with Crippen LogP contribution in [0.4, 0.5) is 0 Å². The quantitative estimate of drug-likeness (QED) is 0.789. The molecule has 0 fully saturated rings. The van der Waals surface area contributed by atoms with Crippen molar-refractivity contribution in [2.45, 2.75) is 32.2 Å². The normalized spacial score (nSPS) is 15.2. The molecule has 4 heteroatoms. The Hall–Kier alpha value is -0.633. The van der Waals surface area contributed by atoms with E-state index >= 15 is 0 Å². The van der Waals surface area contributed by atoms with Crippen LogP contribution in [0.25, 0.3) is 0 Å². The monoisotopic (exact) mass is 297 g/mol. The van der Waals surface area contributed by atoms with Gasteiger partial charge in [-0.2, -0.15) is 5.26 Å². The maximum atomic E-state index is 9.35. The molecule has 1 aromatic carbocycles. The zero-order chi connectivity index (χ0) is 12.4. The largest absolute Gasteiger partial charge is 0.397 e. The van der Waals surface area contributed by atoms with E-state index in [2.05, 4.69) is 41.6 Å². The number of nitriles is 1. The van der Waals surface area contributed by atoms with Gasteiger partial charge < -0.3 is 4.43 Å². The summed E-state index contributed by atoms with van der Waals surface area (Å²) in [5.74, 6) is 0. The van der Waals surface area contributed by atoms with Crippen LogP contribution in [0.3, 0.4) is 0 Å². The van der Waals surface area contributed by atoms with E-state index in [0.717, 1.165) is 10.0 Å². The molecule has 0 N–H and O–H groups in total. The summed E-state index contributed by atoms with van der Waals surface area (Å²) >= 11 is 3.46. The Labute approximate surface area is 106 Å². The lowest BCUT2D eigenvalue weighted by Crippen LogP contribution is -2.37. The highest BCUT2D eigenvalue weighted by Crippen LogP contribution is 2.33. The molecule has 0 spiro atoms. The lowest BCUT2D eigenvalue weighted by Gasteiger charge is -2.31. The van der Waals surface area contributed by atoms with Crippen LogP contribution in [0.2, 0.25) is 19.6 Å². The molecule has 0 aliphatic rings. The minimum Gasteiger partial charge on any atom is -0.397 e. The first kappa shape index (κ1) is 13.4. The molecule has 16 heavy (non-hydrogen) atoms. The second kappa shape index (κ2) is 4.70. The number of hydrogen-bond donors (Lipinski definition) is 0. The van der Waals surface area contributed by atoms with Gasteiger partial charge in [-0.15, -0.1) is 0 Å². The molecule has 0 aliphatic carbocycles. The molecule has 0 bridgehead atoms. The minimum absolute atomic E-state index is 0.870. The third-order valence-electron chi connectivity index (χ3n) is 2.11. The van der Waals surface area contributed by atoms with Crippen molar-refractivity contribution in [3.8, 4) is 6.07 Å². The van der Waals surface area contributed by atoms with Gasteiger partial charge in [0.05, 0.1) is 0 Å². The zero-order valence-corrected chi connectivity index (χ0v) is 12.6. The number of hydrogen-bond acceptors (Lipinski definition) is 2. The van der Waals surface area contributed by atoms with Gasteiger partial charge in [-0.05, 0) is 32.6 Å². The number of nitrogens with zero attached hydrogens (tertiary/aromatic N) is 1. The lowest BCUT2D eigenvalue weighted by molar-refractivity contribution is 0.140. The van der Waals surface area contributed by atoms with Gasteiger partial charge in [0.2, 0.25) is 0 Å². The standard InChI is InChI=1S/C12H16BrNOSi/c1-12(9-14,15-16(2,3)4)10-7-5-6-8-11(10)13/h5-8H,1-4H3/t12-/m1/s1. The number of halogens is 1. The highest BCUT2D eigenvalue weighted by molar-refractivity contribution is 9.10. The van der Waals surface area contributed by atoms with Crippen LogP contribution in [0.15, 0.2) is 28.7 Å². The Balaban J connectivity index is 3.17. The van der Waals surface area contributed by atoms with Crippen molar-refractivity contribution in [1.82, 2.24) is 0 Å². The summed E-state index contributed by atoms with van der Waals surface area (Å²) in [4.78, 5) is 0. The topological polar surface area (TPSA) is 33.0 Å². The van der Waals surface area contributed by atoms with Crippen molar-refractivity contribution in [3.05, 3.63) is 34.3 Å². The summed E-state index contributed by atoms with van der Waals surface area (Å²) < 4.78 is 6.90. The summed E-state index contributed by atoms with van der Waals surface area (Å²) in [5.41, 5.74) is 0.0183. The van der Waals surface area contributed by atoms with Crippen molar-refractivity contribution in [2.75, 3.05) is 0 Å². The predicted octanol–water partition coefficient (Wildman–Crippen LogP) is 4.04. The maximum Gasteiger partial charge on any atom is 0.186 e. The fraction of sp³-hybridized carbons (Fsp3) is 0.417. The van der Waals surface area contributed by atoms with E-state index < -0.39 is 13.9 Å². The van der Waals surface area contributed by atoms with Crippen molar-refractivity contribution in [2.24, 2.45) is 0 Å². The molecular formula is C12H16BrNOSi. The van der Waals surface area contributed by atoms with Gasteiger partial charge in [-0.25, -0.2) is 0 Å². The van der Waals surface area contributed by atoms with Crippen LogP contribution >= 0.6 is 15.9 Å². The van der Waals surface area contributed by atoms with Crippen molar-refractivity contribution in [1.29, 1.82) is 5.26 Å². The highest BCUT2D eigenvalue weighted by Gasteiger charge is 2.34. The van der Waals surface area contributed by atoms with E-state index in [1.54, 1.807) is 0 Å². The molecule has 1 rings (SSSR count). The SMILES string of the molecule is C[C@](C#N)(O[Si](C)(C)C)c1ccccc1Br. The molecule has 0 saturated carbocycles. The first-order chi connectivity index (χ1) is 7.28.